The summed E-state index contributed by atoms with van der Waals surface area (Å²) in [4.78, 5) is 0. The predicted molar refractivity (Wildman–Crippen MR) is 73.2 cm³/mol. The lowest BCUT2D eigenvalue weighted by molar-refractivity contribution is 0.214. The SMILES string of the molecule is COc1cc(Cl)ccc1C(O)c1cccc(C)c1. The van der Waals surface area contributed by atoms with Crippen LogP contribution in [0.4, 0.5) is 0 Å². The van der Waals surface area contributed by atoms with Crippen LogP contribution in [0.15, 0.2) is 42.5 Å². The third kappa shape index (κ3) is 2.66. The van der Waals surface area contributed by atoms with Crippen LogP contribution in [0.3, 0.4) is 0 Å². The van der Waals surface area contributed by atoms with Crippen molar-refractivity contribution in [1.29, 1.82) is 0 Å². The Hall–Kier alpha value is -1.51. The highest BCUT2D eigenvalue weighted by molar-refractivity contribution is 6.30. The van der Waals surface area contributed by atoms with E-state index < -0.39 is 6.10 Å². The summed E-state index contributed by atoms with van der Waals surface area (Å²) in [5, 5.41) is 11.0. The molecule has 0 spiro atoms. The molecule has 0 bridgehead atoms. The molecular formula is C15H15ClO2. The average Bonchev–Trinajstić information content (AvgIpc) is 2.37. The standard InChI is InChI=1S/C15H15ClO2/c1-10-4-3-5-11(8-10)15(17)13-7-6-12(16)9-14(13)18-2/h3-9,15,17H,1-2H3. The van der Waals surface area contributed by atoms with Crippen LogP contribution in [-0.4, -0.2) is 12.2 Å². The molecule has 0 heterocycles. The summed E-state index contributed by atoms with van der Waals surface area (Å²) >= 11 is 5.91. The van der Waals surface area contributed by atoms with E-state index in [0.717, 1.165) is 11.1 Å². The Balaban J connectivity index is 2.42. The molecule has 0 radical (unpaired) electrons. The Morgan fingerprint density at radius 2 is 1.94 bits per heavy atom. The fourth-order valence-corrected chi connectivity index (χ4v) is 2.09. The van der Waals surface area contributed by atoms with Gasteiger partial charge in [-0.3, -0.25) is 0 Å². The maximum Gasteiger partial charge on any atom is 0.126 e. The minimum Gasteiger partial charge on any atom is -0.496 e. The van der Waals surface area contributed by atoms with Gasteiger partial charge in [0.1, 0.15) is 11.9 Å². The topological polar surface area (TPSA) is 29.5 Å². The molecule has 1 N–H and O–H groups in total. The number of methoxy groups -OCH3 is 1. The first-order chi connectivity index (χ1) is 8.61. The molecule has 3 heteroatoms. The molecule has 2 aromatic carbocycles. The van der Waals surface area contributed by atoms with Crippen molar-refractivity contribution in [3.8, 4) is 5.75 Å². The Kier molecular flexibility index (Phi) is 3.90. The zero-order chi connectivity index (χ0) is 13.1. The summed E-state index contributed by atoms with van der Waals surface area (Å²) in [5.74, 6) is 0.594. The van der Waals surface area contributed by atoms with Gasteiger partial charge in [0, 0.05) is 10.6 Å². The molecule has 0 aliphatic carbocycles. The van der Waals surface area contributed by atoms with E-state index in [0.29, 0.717) is 16.3 Å². The number of benzene rings is 2. The van der Waals surface area contributed by atoms with Crippen LogP contribution in [0.5, 0.6) is 5.75 Å². The molecule has 94 valence electrons. The van der Waals surface area contributed by atoms with E-state index in [9.17, 15) is 5.11 Å². The molecule has 2 nitrogen and oxygen atoms in total. The summed E-state index contributed by atoms with van der Waals surface area (Å²) < 4.78 is 5.25. The largest absolute Gasteiger partial charge is 0.496 e. The highest BCUT2D eigenvalue weighted by Crippen LogP contribution is 2.32. The second-order valence-corrected chi connectivity index (χ2v) is 4.64. The van der Waals surface area contributed by atoms with Crippen LogP contribution in [0, 0.1) is 6.92 Å². The summed E-state index contributed by atoms with van der Waals surface area (Å²) in [6.45, 7) is 2.00. The fourth-order valence-electron chi connectivity index (χ4n) is 1.93. The van der Waals surface area contributed by atoms with Gasteiger partial charge in [-0.2, -0.15) is 0 Å². The number of hydrogen-bond donors (Lipinski definition) is 1. The van der Waals surface area contributed by atoms with E-state index in [2.05, 4.69) is 0 Å². The summed E-state index contributed by atoms with van der Waals surface area (Å²) in [5.41, 5.74) is 2.67. The lowest BCUT2D eigenvalue weighted by Crippen LogP contribution is -2.02. The van der Waals surface area contributed by atoms with Gasteiger partial charge in [0.25, 0.3) is 0 Å². The van der Waals surface area contributed by atoms with Crippen molar-refractivity contribution in [3.05, 3.63) is 64.2 Å². The van der Waals surface area contributed by atoms with Gasteiger partial charge in [-0.1, -0.05) is 47.5 Å². The summed E-state index contributed by atoms with van der Waals surface area (Å²) in [7, 11) is 1.57. The molecule has 2 aromatic rings. The number of aliphatic hydroxyl groups excluding tert-OH is 1. The molecule has 1 unspecified atom stereocenters. The number of aliphatic hydroxyl groups is 1. The van der Waals surface area contributed by atoms with Gasteiger partial charge in [-0.05, 0) is 24.6 Å². The van der Waals surface area contributed by atoms with Crippen molar-refractivity contribution in [3.63, 3.8) is 0 Å². The van der Waals surface area contributed by atoms with Gasteiger partial charge in [0.15, 0.2) is 0 Å². The average molecular weight is 263 g/mol. The second kappa shape index (κ2) is 5.42. The van der Waals surface area contributed by atoms with Gasteiger partial charge in [-0.25, -0.2) is 0 Å². The smallest absolute Gasteiger partial charge is 0.126 e. The van der Waals surface area contributed by atoms with E-state index in [-0.39, 0.29) is 0 Å². The Labute approximate surface area is 112 Å². The van der Waals surface area contributed by atoms with Crippen molar-refractivity contribution in [2.75, 3.05) is 7.11 Å². The summed E-state index contributed by atoms with van der Waals surface area (Å²) in [6, 6.07) is 13.0. The Bertz CT molecular complexity index is 552. The number of rotatable bonds is 3. The van der Waals surface area contributed by atoms with E-state index in [4.69, 9.17) is 16.3 Å². The molecule has 0 saturated carbocycles. The number of hydrogen-bond acceptors (Lipinski definition) is 2. The van der Waals surface area contributed by atoms with E-state index in [1.807, 2.05) is 31.2 Å². The van der Waals surface area contributed by atoms with Crippen LogP contribution in [0.25, 0.3) is 0 Å². The number of halogens is 1. The molecule has 18 heavy (non-hydrogen) atoms. The van der Waals surface area contributed by atoms with E-state index in [1.165, 1.54) is 0 Å². The quantitative estimate of drug-likeness (QED) is 0.913. The van der Waals surface area contributed by atoms with Crippen molar-refractivity contribution >= 4 is 11.6 Å². The van der Waals surface area contributed by atoms with Crippen LogP contribution in [-0.2, 0) is 0 Å². The van der Waals surface area contributed by atoms with Crippen molar-refractivity contribution < 1.29 is 9.84 Å². The molecular weight excluding hydrogens is 248 g/mol. The maximum absolute atomic E-state index is 10.4. The molecule has 2 rings (SSSR count). The minimum absolute atomic E-state index is 0.590. The number of ether oxygens (including phenoxy) is 1. The predicted octanol–water partition coefficient (Wildman–Crippen LogP) is 3.74. The monoisotopic (exact) mass is 262 g/mol. The zero-order valence-electron chi connectivity index (χ0n) is 10.4. The first-order valence-electron chi connectivity index (χ1n) is 5.70. The highest BCUT2D eigenvalue weighted by Gasteiger charge is 2.15. The first kappa shape index (κ1) is 12.9. The molecule has 0 aliphatic rings. The second-order valence-electron chi connectivity index (χ2n) is 4.20. The van der Waals surface area contributed by atoms with Crippen molar-refractivity contribution in [2.24, 2.45) is 0 Å². The van der Waals surface area contributed by atoms with Gasteiger partial charge in [-0.15, -0.1) is 0 Å². The van der Waals surface area contributed by atoms with E-state index in [1.54, 1.807) is 25.3 Å². The van der Waals surface area contributed by atoms with Crippen molar-refractivity contribution in [2.45, 2.75) is 13.0 Å². The molecule has 0 amide bonds. The van der Waals surface area contributed by atoms with Crippen LogP contribution in [0.1, 0.15) is 22.8 Å². The summed E-state index contributed by atoms with van der Waals surface area (Å²) in [6.07, 6.45) is -0.711. The van der Waals surface area contributed by atoms with E-state index >= 15 is 0 Å². The third-order valence-electron chi connectivity index (χ3n) is 2.85. The normalized spacial score (nSPS) is 12.2. The van der Waals surface area contributed by atoms with Crippen LogP contribution >= 0.6 is 11.6 Å². The first-order valence-corrected chi connectivity index (χ1v) is 6.07. The van der Waals surface area contributed by atoms with Crippen LogP contribution < -0.4 is 4.74 Å². The Morgan fingerprint density at radius 1 is 1.17 bits per heavy atom. The van der Waals surface area contributed by atoms with Gasteiger partial charge in [0.05, 0.1) is 7.11 Å². The molecule has 1 atom stereocenters. The van der Waals surface area contributed by atoms with Gasteiger partial charge < -0.3 is 9.84 Å². The highest BCUT2D eigenvalue weighted by atomic mass is 35.5. The van der Waals surface area contributed by atoms with Crippen LogP contribution in [0.2, 0.25) is 5.02 Å². The molecule has 0 aromatic heterocycles. The van der Waals surface area contributed by atoms with Gasteiger partial charge >= 0.3 is 0 Å². The minimum atomic E-state index is -0.711. The van der Waals surface area contributed by atoms with Gasteiger partial charge in [0.2, 0.25) is 0 Å². The Morgan fingerprint density at radius 3 is 2.61 bits per heavy atom. The number of aryl methyl sites for hydroxylation is 1. The lowest BCUT2D eigenvalue weighted by atomic mass is 9.99. The third-order valence-corrected chi connectivity index (χ3v) is 3.08. The molecule has 0 aliphatic heterocycles. The zero-order valence-corrected chi connectivity index (χ0v) is 11.1. The molecule has 0 fully saturated rings. The van der Waals surface area contributed by atoms with Crippen molar-refractivity contribution in [1.82, 2.24) is 0 Å². The fraction of sp³-hybridized carbons (Fsp3) is 0.200. The molecule has 0 saturated heterocycles. The maximum atomic E-state index is 10.4. The lowest BCUT2D eigenvalue weighted by Gasteiger charge is -2.15.